The van der Waals surface area contributed by atoms with Crippen LogP contribution in [0, 0.1) is 0 Å². The Labute approximate surface area is 102 Å². The molecule has 0 N–H and O–H groups in total. The van der Waals surface area contributed by atoms with Crippen LogP contribution in [0.2, 0.25) is 0 Å². The third kappa shape index (κ3) is 6.70. The highest BCUT2D eigenvalue weighted by Gasteiger charge is 2.50. The summed E-state index contributed by atoms with van der Waals surface area (Å²) < 4.78 is 143. The second-order valence-electron chi connectivity index (χ2n) is 3.19. The fourth-order valence-corrected chi connectivity index (χ4v) is 0.952. The SMILES string of the molecule is FC(F)(F)C=C(C(=CC(F)(F)F)C(F)(F)F)C(F)(F)F. The lowest BCUT2D eigenvalue weighted by molar-refractivity contribution is -0.130. The molecule has 20 heavy (non-hydrogen) atoms. The van der Waals surface area contributed by atoms with Gasteiger partial charge in [0.15, 0.2) is 0 Å². The molecule has 0 atom stereocenters. The van der Waals surface area contributed by atoms with Crippen LogP contribution >= 0.6 is 0 Å². The lowest BCUT2D eigenvalue weighted by atomic mass is 10.0. The van der Waals surface area contributed by atoms with Crippen molar-refractivity contribution in [1.29, 1.82) is 0 Å². The van der Waals surface area contributed by atoms with Gasteiger partial charge in [-0.25, -0.2) is 0 Å². The van der Waals surface area contributed by atoms with E-state index in [2.05, 4.69) is 0 Å². The van der Waals surface area contributed by atoms with Crippen LogP contribution in [0.3, 0.4) is 0 Å². The van der Waals surface area contributed by atoms with E-state index in [0.29, 0.717) is 0 Å². The molecule has 12 heteroatoms. The lowest BCUT2D eigenvalue weighted by Gasteiger charge is -2.19. The average Bonchev–Trinajstić information content (AvgIpc) is 2.04. The molecular weight excluding hydrogens is 324 g/mol. The minimum Gasteiger partial charge on any atom is -0.167 e. The molecule has 0 aromatic rings. The van der Waals surface area contributed by atoms with E-state index in [-0.39, 0.29) is 0 Å². The zero-order valence-electron chi connectivity index (χ0n) is 8.69. The van der Waals surface area contributed by atoms with Crippen LogP contribution in [0.25, 0.3) is 0 Å². The highest BCUT2D eigenvalue weighted by molar-refractivity contribution is 5.40. The number of alkyl halides is 12. The van der Waals surface area contributed by atoms with E-state index in [1.807, 2.05) is 0 Å². The first kappa shape index (κ1) is 18.6. The highest BCUT2D eigenvalue weighted by Crippen LogP contribution is 2.43. The van der Waals surface area contributed by atoms with Crippen molar-refractivity contribution in [3.05, 3.63) is 23.3 Å². The molecule has 0 heterocycles. The summed E-state index contributed by atoms with van der Waals surface area (Å²) >= 11 is 0. The summed E-state index contributed by atoms with van der Waals surface area (Å²) in [6.07, 6.45) is -28.1. The summed E-state index contributed by atoms with van der Waals surface area (Å²) in [6.45, 7) is 0. The van der Waals surface area contributed by atoms with Crippen LogP contribution in [-0.2, 0) is 0 Å². The van der Waals surface area contributed by atoms with Gasteiger partial charge in [-0.1, -0.05) is 0 Å². The van der Waals surface area contributed by atoms with Crippen molar-refractivity contribution in [2.45, 2.75) is 24.7 Å². The second kappa shape index (κ2) is 5.20. The van der Waals surface area contributed by atoms with E-state index >= 15 is 0 Å². The van der Waals surface area contributed by atoms with Gasteiger partial charge in [0.25, 0.3) is 0 Å². The molecule has 0 nitrogen and oxygen atoms in total. The van der Waals surface area contributed by atoms with Crippen LogP contribution in [0.5, 0.6) is 0 Å². The van der Waals surface area contributed by atoms with Crippen molar-refractivity contribution in [1.82, 2.24) is 0 Å². The number of hydrogen-bond donors (Lipinski definition) is 0. The Morgan fingerprint density at radius 3 is 0.750 bits per heavy atom. The molecule has 0 aliphatic carbocycles. The fraction of sp³-hybridized carbons (Fsp3) is 0.500. The topological polar surface area (TPSA) is 0 Å². The Bertz CT molecular complexity index is 355. The van der Waals surface area contributed by atoms with Crippen molar-refractivity contribution < 1.29 is 52.7 Å². The zero-order chi connectivity index (χ0) is 16.6. The molecule has 0 bridgehead atoms. The quantitative estimate of drug-likeness (QED) is 0.465. The van der Waals surface area contributed by atoms with Crippen molar-refractivity contribution in [3.8, 4) is 0 Å². The number of halogens is 12. The molecule has 0 aliphatic heterocycles. The zero-order valence-corrected chi connectivity index (χ0v) is 8.69. The number of allylic oxidation sites excluding steroid dienone is 4. The molecule has 0 saturated heterocycles. The van der Waals surface area contributed by atoms with E-state index in [4.69, 9.17) is 0 Å². The molecule has 0 spiro atoms. The van der Waals surface area contributed by atoms with Crippen LogP contribution < -0.4 is 0 Å². The molecule has 0 fully saturated rings. The van der Waals surface area contributed by atoms with Crippen molar-refractivity contribution >= 4 is 0 Å². The van der Waals surface area contributed by atoms with Gasteiger partial charge in [-0.05, 0) is 0 Å². The van der Waals surface area contributed by atoms with Gasteiger partial charge >= 0.3 is 24.7 Å². The molecule has 0 aromatic heterocycles. The molecule has 0 unspecified atom stereocenters. The molecule has 118 valence electrons. The summed E-state index contributed by atoms with van der Waals surface area (Å²) in [6, 6.07) is 0. The smallest absolute Gasteiger partial charge is 0.167 e. The maximum absolute atomic E-state index is 12.1. The predicted octanol–water partition coefficient (Wildman–Crippen LogP) is 5.09. The van der Waals surface area contributed by atoms with Gasteiger partial charge in [0.05, 0.1) is 11.1 Å². The molecule has 0 aromatic carbocycles. The van der Waals surface area contributed by atoms with Crippen LogP contribution in [0.1, 0.15) is 0 Å². The minimum atomic E-state index is -6.28. The molecular formula is C8H2F12. The molecule has 0 aliphatic rings. The maximum Gasteiger partial charge on any atom is 0.417 e. The van der Waals surface area contributed by atoms with E-state index < -0.39 is 48.0 Å². The minimum absolute atomic E-state index is 1.88. The van der Waals surface area contributed by atoms with E-state index in [1.54, 1.807) is 0 Å². The third-order valence-electron chi connectivity index (χ3n) is 1.52. The van der Waals surface area contributed by atoms with Crippen molar-refractivity contribution in [2.75, 3.05) is 0 Å². The van der Waals surface area contributed by atoms with E-state index in [0.717, 1.165) is 0 Å². The summed E-state index contributed by atoms with van der Waals surface area (Å²) in [5.41, 5.74) is -6.95. The normalized spacial score (nSPS) is 16.6. The van der Waals surface area contributed by atoms with Gasteiger partial charge in [0.2, 0.25) is 0 Å². The summed E-state index contributed by atoms with van der Waals surface area (Å²) in [5, 5.41) is 0. The van der Waals surface area contributed by atoms with Crippen LogP contribution in [0.15, 0.2) is 23.3 Å². The summed E-state index contributed by atoms with van der Waals surface area (Å²) in [7, 11) is 0. The monoisotopic (exact) mass is 326 g/mol. The molecule has 0 amide bonds. The molecule has 0 saturated carbocycles. The Hall–Kier alpha value is -1.36. The van der Waals surface area contributed by atoms with Gasteiger partial charge in [-0.3, -0.25) is 0 Å². The van der Waals surface area contributed by atoms with Crippen LogP contribution in [-0.4, -0.2) is 24.7 Å². The largest absolute Gasteiger partial charge is 0.417 e. The maximum atomic E-state index is 12.1. The average molecular weight is 326 g/mol. The first-order valence-electron chi connectivity index (χ1n) is 4.17. The summed E-state index contributed by atoms with van der Waals surface area (Å²) in [5.74, 6) is 0. The van der Waals surface area contributed by atoms with Crippen molar-refractivity contribution in [2.24, 2.45) is 0 Å². The summed E-state index contributed by atoms with van der Waals surface area (Å²) in [4.78, 5) is 0. The van der Waals surface area contributed by atoms with Gasteiger partial charge in [0, 0.05) is 12.2 Å². The van der Waals surface area contributed by atoms with E-state index in [1.165, 1.54) is 0 Å². The first-order valence-corrected chi connectivity index (χ1v) is 4.17. The lowest BCUT2D eigenvalue weighted by Crippen LogP contribution is -2.27. The van der Waals surface area contributed by atoms with Gasteiger partial charge in [-0.15, -0.1) is 0 Å². The van der Waals surface area contributed by atoms with Crippen molar-refractivity contribution in [3.63, 3.8) is 0 Å². The Morgan fingerprint density at radius 2 is 0.650 bits per heavy atom. The third-order valence-corrected chi connectivity index (χ3v) is 1.52. The van der Waals surface area contributed by atoms with Crippen LogP contribution in [0.4, 0.5) is 52.7 Å². The highest BCUT2D eigenvalue weighted by atomic mass is 19.4. The predicted molar refractivity (Wildman–Crippen MR) is 40.4 cm³/mol. The fourth-order valence-electron chi connectivity index (χ4n) is 0.952. The Kier molecular flexibility index (Phi) is 4.85. The first-order chi connectivity index (χ1) is 8.43. The molecule has 0 rings (SSSR count). The molecule has 0 radical (unpaired) electrons. The van der Waals surface area contributed by atoms with Gasteiger partial charge in [0.1, 0.15) is 0 Å². The second-order valence-corrected chi connectivity index (χ2v) is 3.19. The Morgan fingerprint density at radius 1 is 0.450 bits per heavy atom. The number of rotatable bonds is 1. The van der Waals surface area contributed by atoms with E-state index in [9.17, 15) is 52.7 Å². The van der Waals surface area contributed by atoms with Gasteiger partial charge in [-0.2, -0.15) is 52.7 Å². The number of hydrogen-bond acceptors (Lipinski definition) is 0. The standard InChI is InChI=1S/C8H2F12/c9-5(10,11)1-3(7(15,16)17)4(8(18,19)20)2-6(12,13)14/h1-2H. The Balaban J connectivity index is 6.23. The van der Waals surface area contributed by atoms with Gasteiger partial charge < -0.3 is 0 Å².